The predicted octanol–water partition coefficient (Wildman–Crippen LogP) is 4.30. The molecule has 0 atom stereocenters. The van der Waals surface area contributed by atoms with E-state index in [9.17, 15) is 21.6 Å². The third-order valence-corrected chi connectivity index (χ3v) is 5.08. The highest BCUT2D eigenvalue weighted by atomic mass is 32.2. The molecule has 1 aromatic heterocycles. The molecule has 0 unspecified atom stereocenters. The van der Waals surface area contributed by atoms with Crippen molar-refractivity contribution in [2.45, 2.75) is 11.3 Å². The predicted molar refractivity (Wildman–Crippen MR) is 99.3 cm³/mol. The van der Waals surface area contributed by atoms with Gasteiger partial charge in [-0.1, -0.05) is 24.3 Å². The number of halogens is 3. The number of ether oxygens (including phenoxy) is 1. The highest BCUT2D eigenvalue weighted by Crippen LogP contribution is 2.36. The van der Waals surface area contributed by atoms with Crippen LogP contribution in [0.15, 0.2) is 65.7 Å². The average Bonchev–Trinajstić information content (AvgIpc) is 2.60. The Balaban J connectivity index is 2.04. The summed E-state index contributed by atoms with van der Waals surface area (Å²) in [6, 6.07) is 13.2. The molecule has 0 aliphatic carbocycles. The maximum atomic E-state index is 12.3. The van der Waals surface area contributed by atoms with Crippen LogP contribution < -0.4 is 10.5 Å². The molecule has 0 amide bonds. The van der Waals surface area contributed by atoms with Crippen molar-refractivity contribution in [2.24, 2.45) is 0 Å². The lowest BCUT2D eigenvalue weighted by atomic mass is 9.95. The molecule has 28 heavy (non-hydrogen) atoms. The van der Waals surface area contributed by atoms with Gasteiger partial charge in [0.25, 0.3) is 0 Å². The van der Waals surface area contributed by atoms with E-state index in [2.05, 4.69) is 9.72 Å². The van der Waals surface area contributed by atoms with Crippen molar-refractivity contribution >= 4 is 15.7 Å². The zero-order valence-electron chi connectivity index (χ0n) is 14.6. The van der Waals surface area contributed by atoms with Crippen LogP contribution in [-0.4, -0.2) is 26.0 Å². The van der Waals surface area contributed by atoms with Gasteiger partial charge in [-0.15, -0.1) is 13.2 Å². The Hall–Kier alpha value is -3.07. The van der Waals surface area contributed by atoms with Crippen molar-refractivity contribution in [1.82, 2.24) is 4.98 Å². The van der Waals surface area contributed by atoms with Crippen LogP contribution in [0.25, 0.3) is 22.3 Å². The van der Waals surface area contributed by atoms with E-state index in [1.54, 1.807) is 18.2 Å². The number of hydrogen-bond donors (Lipinski definition) is 1. The summed E-state index contributed by atoms with van der Waals surface area (Å²) in [6.07, 6.45) is -2.16. The molecule has 3 aromatic rings. The Bertz CT molecular complexity index is 1090. The molecule has 0 radical (unpaired) electrons. The smallest absolute Gasteiger partial charge is 0.406 e. The normalized spacial score (nSPS) is 12.0. The third-order valence-electron chi connectivity index (χ3n) is 3.95. The minimum absolute atomic E-state index is 0.175. The molecule has 2 N–H and O–H groups in total. The van der Waals surface area contributed by atoms with Crippen molar-refractivity contribution in [2.75, 3.05) is 12.0 Å². The number of pyridine rings is 1. The van der Waals surface area contributed by atoms with E-state index in [0.29, 0.717) is 22.3 Å². The van der Waals surface area contributed by atoms with Crippen LogP contribution in [0, 0.1) is 0 Å². The van der Waals surface area contributed by atoms with Crippen LogP contribution >= 0.6 is 0 Å². The van der Waals surface area contributed by atoms with Gasteiger partial charge in [-0.3, -0.25) is 0 Å². The number of anilines is 1. The largest absolute Gasteiger partial charge is 0.573 e. The quantitative estimate of drug-likeness (QED) is 0.696. The lowest BCUT2D eigenvalue weighted by Gasteiger charge is -2.14. The lowest BCUT2D eigenvalue weighted by Crippen LogP contribution is -2.16. The first-order valence-corrected chi connectivity index (χ1v) is 9.85. The van der Waals surface area contributed by atoms with Crippen molar-refractivity contribution < 1.29 is 26.3 Å². The average molecular weight is 408 g/mol. The Morgan fingerprint density at radius 1 is 0.929 bits per heavy atom. The summed E-state index contributed by atoms with van der Waals surface area (Å²) in [5, 5.41) is 0. The number of sulfone groups is 1. The van der Waals surface area contributed by atoms with Gasteiger partial charge in [-0.25, -0.2) is 13.4 Å². The van der Waals surface area contributed by atoms with Gasteiger partial charge in [0, 0.05) is 18.0 Å². The first-order valence-electron chi connectivity index (χ1n) is 7.96. The van der Waals surface area contributed by atoms with Gasteiger partial charge < -0.3 is 10.5 Å². The molecule has 5 nitrogen and oxygen atoms in total. The number of hydrogen-bond acceptors (Lipinski definition) is 5. The van der Waals surface area contributed by atoms with E-state index in [4.69, 9.17) is 5.73 Å². The van der Waals surface area contributed by atoms with E-state index >= 15 is 0 Å². The zero-order chi connectivity index (χ0) is 20.5. The fourth-order valence-electron chi connectivity index (χ4n) is 2.73. The molecular weight excluding hydrogens is 393 g/mol. The van der Waals surface area contributed by atoms with Gasteiger partial charge >= 0.3 is 6.36 Å². The molecule has 1 heterocycles. The maximum Gasteiger partial charge on any atom is 0.573 e. The summed E-state index contributed by atoms with van der Waals surface area (Å²) in [4.78, 5) is 4.23. The first-order chi connectivity index (χ1) is 13.0. The lowest BCUT2D eigenvalue weighted by molar-refractivity contribution is -0.274. The highest BCUT2D eigenvalue weighted by molar-refractivity contribution is 7.90. The SMILES string of the molecule is CS(=O)(=O)c1ccc(-c2ccnc(N)c2-c2ccc(OC(F)(F)F)cc2)cc1. The number of rotatable bonds is 4. The summed E-state index contributed by atoms with van der Waals surface area (Å²) in [5.74, 6) is -0.160. The van der Waals surface area contributed by atoms with Crippen LogP contribution in [0.3, 0.4) is 0 Å². The fourth-order valence-corrected chi connectivity index (χ4v) is 3.36. The highest BCUT2D eigenvalue weighted by Gasteiger charge is 2.31. The summed E-state index contributed by atoms with van der Waals surface area (Å²) in [6.45, 7) is 0. The fraction of sp³-hybridized carbons (Fsp3) is 0.105. The monoisotopic (exact) mass is 408 g/mol. The second-order valence-electron chi connectivity index (χ2n) is 5.99. The third kappa shape index (κ3) is 4.42. The molecule has 0 aliphatic rings. The maximum absolute atomic E-state index is 12.3. The van der Waals surface area contributed by atoms with E-state index < -0.39 is 16.2 Å². The Kier molecular flexibility index (Phi) is 5.03. The first kappa shape index (κ1) is 19.7. The number of alkyl halides is 3. The van der Waals surface area contributed by atoms with Crippen LogP contribution in [0.1, 0.15) is 0 Å². The Morgan fingerprint density at radius 2 is 1.50 bits per heavy atom. The molecule has 0 spiro atoms. The molecule has 3 rings (SSSR count). The number of aromatic nitrogens is 1. The van der Waals surface area contributed by atoms with Crippen molar-refractivity contribution in [3.05, 3.63) is 60.8 Å². The van der Waals surface area contributed by atoms with Gasteiger partial charge in [0.05, 0.1) is 4.90 Å². The van der Waals surface area contributed by atoms with Crippen molar-refractivity contribution in [3.8, 4) is 28.0 Å². The summed E-state index contributed by atoms with van der Waals surface area (Å²) >= 11 is 0. The summed E-state index contributed by atoms with van der Waals surface area (Å²) in [5.41, 5.74) is 8.43. The van der Waals surface area contributed by atoms with Gasteiger partial charge in [0.2, 0.25) is 0 Å². The molecule has 0 aliphatic heterocycles. The Morgan fingerprint density at radius 3 is 2.04 bits per heavy atom. The minimum Gasteiger partial charge on any atom is -0.406 e. The number of nitrogens with two attached hydrogens (primary N) is 1. The van der Waals surface area contributed by atoms with Crippen LogP contribution in [0.2, 0.25) is 0 Å². The summed E-state index contributed by atoms with van der Waals surface area (Å²) < 4.78 is 64.2. The van der Waals surface area contributed by atoms with Crippen molar-refractivity contribution in [3.63, 3.8) is 0 Å². The zero-order valence-corrected chi connectivity index (χ0v) is 15.4. The molecule has 0 saturated heterocycles. The van der Waals surface area contributed by atoms with E-state index in [0.717, 1.165) is 6.26 Å². The number of nitrogens with zero attached hydrogens (tertiary/aromatic N) is 1. The van der Waals surface area contributed by atoms with Gasteiger partial charge in [0.1, 0.15) is 11.6 Å². The van der Waals surface area contributed by atoms with Crippen LogP contribution in [0.5, 0.6) is 5.75 Å². The second kappa shape index (κ2) is 7.16. The second-order valence-corrected chi connectivity index (χ2v) is 8.00. The van der Waals surface area contributed by atoms with Gasteiger partial charge in [-0.05, 0) is 47.0 Å². The van der Waals surface area contributed by atoms with E-state index in [-0.39, 0.29) is 16.5 Å². The van der Waals surface area contributed by atoms with Crippen LogP contribution in [0.4, 0.5) is 19.0 Å². The molecule has 2 aromatic carbocycles. The Labute approximate surface area is 159 Å². The summed E-state index contributed by atoms with van der Waals surface area (Å²) in [7, 11) is -3.33. The number of nitrogen functional groups attached to an aromatic ring is 1. The number of benzene rings is 2. The topological polar surface area (TPSA) is 82.3 Å². The molecule has 146 valence electrons. The van der Waals surface area contributed by atoms with Crippen LogP contribution in [-0.2, 0) is 9.84 Å². The van der Waals surface area contributed by atoms with Gasteiger partial charge in [-0.2, -0.15) is 0 Å². The molecule has 9 heteroatoms. The molecule has 0 fully saturated rings. The molecule has 0 bridgehead atoms. The van der Waals surface area contributed by atoms with E-state index in [1.807, 2.05) is 0 Å². The van der Waals surface area contributed by atoms with Gasteiger partial charge in [0.15, 0.2) is 9.84 Å². The van der Waals surface area contributed by atoms with E-state index in [1.165, 1.54) is 42.6 Å². The molecule has 0 saturated carbocycles. The standard InChI is InChI=1S/C19H15F3N2O3S/c1-28(25,26)15-8-4-12(5-9-15)16-10-11-24-18(23)17(16)13-2-6-14(7-3-13)27-19(20,21)22/h2-11H,1H3,(H2,23,24). The van der Waals surface area contributed by atoms with Crippen molar-refractivity contribution in [1.29, 1.82) is 0 Å². The molecular formula is C19H15F3N2O3S. The minimum atomic E-state index is -4.78.